The van der Waals surface area contributed by atoms with E-state index in [2.05, 4.69) is 21.6 Å². The van der Waals surface area contributed by atoms with E-state index in [9.17, 15) is 4.79 Å². The number of carbonyl (C=O) groups is 1. The minimum absolute atomic E-state index is 0.119. The molecule has 1 amide bonds. The second-order valence-corrected chi connectivity index (χ2v) is 5.96. The minimum atomic E-state index is -0.284. The smallest absolute Gasteiger partial charge is 0.263 e. The number of rotatable bonds is 6. The quantitative estimate of drug-likeness (QED) is 0.710. The number of nitrogens with one attached hydrogen (secondary N) is 2. The average molecular weight is 351 g/mol. The zero-order valence-electron chi connectivity index (χ0n) is 15.0. The van der Waals surface area contributed by atoms with Gasteiger partial charge in [-0.05, 0) is 31.5 Å². The van der Waals surface area contributed by atoms with Gasteiger partial charge in [0.25, 0.3) is 5.91 Å². The Balaban J connectivity index is 1.70. The second-order valence-electron chi connectivity index (χ2n) is 5.96. The Morgan fingerprint density at radius 2 is 1.88 bits per heavy atom. The number of amides is 1. The highest BCUT2D eigenvalue weighted by molar-refractivity contribution is 5.95. The molecule has 2 N–H and O–H groups in total. The van der Waals surface area contributed by atoms with Gasteiger partial charge in [-0.3, -0.25) is 9.89 Å². The van der Waals surface area contributed by atoms with Gasteiger partial charge in [0, 0.05) is 17.3 Å². The fourth-order valence-electron chi connectivity index (χ4n) is 2.68. The summed E-state index contributed by atoms with van der Waals surface area (Å²) in [6, 6.07) is 15.2. The van der Waals surface area contributed by atoms with Gasteiger partial charge in [-0.2, -0.15) is 5.10 Å². The second kappa shape index (κ2) is 7.74. The molecule has 1 heterocycles. The first-order chi connectivity index (χ1) is 12.6. The van der Waals surface area contributed by atoms with Gasteiger partial charge in [0.05, 0.1) is 7.11 Å². The molecule has 3 rings (SSSR count). The van der Waals surface area contributed by atoms with E-state index in [0.717, 1.165) is 22.4 Å². The minimum Gasteiger partial charge on any atom is -0.497 e. The molecule has 0 aliphatic heterocycles. The van der Waals surface area contributed by atoms with Crippen LogP contribution in [0.3, 0.4) is 0 Å². The van der Waals surface area contributed by atoms with Crippen molar-refractivity contribution in [3.63, 3.8) is 0 Å². The van der Waals surface area contributed by atoms with Crippen LogP contribution in [0, 0.1) is 13.8 Å². The van der Waals surface area contributed by atoms with Gasteiger partial charge in [-0.15, -0.1) is 0 Å². The number of benzene rings is 2. The molecule has 1 aromatic heterocycles. The largest absolute Gasteiger partial charge is 0.497 e. The molecule has 0 saturated heterocycles. The van der Waals surface area contributed by atoms with Crippen LogP contribution >= 0.6 is 0 Å². The van der Waals surface area contributed by atoms with Crippen molar-refractivity contribution in [1.82, 2.24) is 10.2 Å². The molecule has 134 valence electrons. The number of anilines is 1. The van der Waals surface area contributed by atoms with Crippen LogP contribution < -0.4 is 14.8 Å². The van der Waals surface area contributed by atoms with Gasteiger partial charge >= 0.3 is 0 Å². The highest BCUT2D eigenvalue weighted by Crippen LogP contribution is 2.30. The molecule has 0 bridgehead atoms. The van der Waals surface area contributed by atoms with Crippen LogP contribution in [-0.4, -0.2) is 29.8 Å². The Morgan fingerprint density at radius 3 is 2.65 bits per heavy atom. The molecule has 0 aliphatic carbocycles. The number of nitrogens with zero attached hydrogens (tertiary/aromatic N) is 1. The van der Waals surface area contributed by atoms with E-state index in [1.54, 1.807) is 25.3 Å². The number of hydrogen-bond donors (Lipinski definition) is 2. The number of H-pyrrole nitrogens is 1. The molecular formula is C20H21N3O3. The third-order valence-corrected chi connectivity index (χ3v) is 3.92. The molecule has 26 heavy (non-hydrogen) atoms. The Bertz CT molecular complexity index is 918. The lowest BCUT2D eigenvalue weighted by Crippen LogP contribution is -2.20. The molecule has 0 saturated carbocycles. The lowest BCUT2D eigenvalue weighted by Gasteiger charge is -2.09. The number of aryl methyl sites for hydroxylation is 2. The maximum atomic E-state index is 12.3. The van der Waals surface area contributed by atoms with Gasteiger partial charge in [-0.1, -0.05) is 35.9 Å². The Kier molecular flexibility index (Phi) is 5.22. The summed E-state index contributed by atoms with van der Waals surface area (Å²) < 4.78 is 10.7. The highest BCUT2D eigenvalue weighted by Gasteiger charge is 2.15. The maximum absolute atomic E-state index is 12.3. The molecule has 0 spiro atoms. The van der Waals surface area contributed by atoms with E-state index in [4.69, 9.17) is 9.47 Å². The molecule has 6 nitrogen and oxygen atoms in total. The van der Waals surface area contributed by atoms with Crippen molar-refractivity contribution in [3.8, 4) is 22.6 Å². The molecule has 2 aromatic carbocycles. The molecular weight excluding hydrogens is 330 g/mol. The van der Waals surface area contributed by atoms with Crippen LogP contribution in [-0.2, 0) is 4.79 Å². The first kappa shape index (κ1) is 17.5. The third kappa shape index (κ3) is 4.03. The van der Waals surface area contributed by atoms with Crippen molar-refractivity contribution in [2.45, 2.75) is 13.8 Å². The normalized spacial score (nSPS) is 10.4. The van der Waals surface area contributed by atoms with Crippen molar-refractivity contribution >= 4 is 11.7 Å². The average Bonchev–Trinajstić information content (AvgIpc) is 3.00. The fraction of sp³-hybridized carbons (Fsp3) is 0.200. The molecule has 0 radical (unpaired) electrons. The highest BCUT2D eigenvalue weighted by atomic mass is 16.5. The topological polar surface area (TPSA) is 76.2 Å². The Morgan fingerprint density at radius 1 is 1.12 bits per heavy atom. The fourth-order valence-corrected chi connectivity index (χ4v) is 2.68. The number of methoxy groups -OCH3 is 1. The van der Waals surface area contributed by atoms with Gasteiger partial charge < -0.3 is 14.8 Å². The van der Waals surface area contributed by atoms with E-state index >= 15 is 0 Å². The zero-order valence-corrected chi connectivity index (χ0v) is 15.0. The summed E-state index contributed by atoms with van der Waals surface area (Å²) in [5.74, 6) is 1.45. The van der Waals surface area contributed by atoms with E-state index in [1.165, 1.54) is 0 Å². The molecule has 0 unspecified atom stereocenters. The van der Waals surface area contributed by atoms with Crippen LogP contribution in [0.5, 0.6) is 11.5 Å². The van der Waals surface area contributed by atoms with Crippen LogP contribution in [0.25, 0.3) is 11.1 Å². The van der Waals surface area contributed by atoms with Gasteiger partial charge in [0.2, 0.25) is 0 Å². The summed E-state index contributed by atoms with van der Waals surface area (Å²) >= 11 is 0. The standard InChI is InChI=1S/C20H21N3O3/c1-13-6-4-7-15(10-13)19-14(2)22-23-20(19)21-18(24)12-26-17-9-5-8-16(11-17)25-3/h4-11H,12H2,1-3H3,(H2,21,22,23,24). The van der Waals surface area contributed by atoms with Crippen LogP contribution in [0.2, 0.25) is 0 Å². The lowest BCUT2D eigenvalue weighted by molar-refractivity contribution is -0.118. The van der Waals surface area contributed by atoms with Crippen LogP contribution in [0.4, 0.5) is 5.82 Å². The summed E-state index contributed by atoms with van der Waals surface area (Å²) in [5, 5.41) is 9.95. The van der Waals surface area contributed by atoms with Crippen molar-refractivity contribution < 1.29 is 14.3 Å². The Labute approximate surface area is 152 Å². The molecule has 3 aromatic rings. The first-order valence-corrected chi connectivity index (χ1v) is 8.25. The van der Waals surface area contributed by atoms with E-state index < -0.39 is 0 Å². The molecule has 0 atom stereocenters. The summed E-state index contributed by atoms with van der Waals surface area (Å²) in [6.45, 7) is 3.83. The number of hydrogen-bond acceptors (Lipinski definition) is 4. The van der Waals surface area contributed by atoms with Crippen LogP contribution in [0.1, 0.15) is 11.3 Å². The van der Waals surface area contributed by atoms with E-state index in [0.29, 0.717) is 17.3 Å². The number of carbonyl (C=O) groups excluding carboxylic acids is 1. The van der Waals surface area contributed by atoms with Gasteiger partial charge in [0.15, 0.2) is 12.4 Å². The SMILES string of the molecule is COc1cccc(OCC(=O)Nc2n[nH]c(C)c2-c2cccc(C)c2)c1. The van der Waals surface area contributed by atoms with Crippen molar-refractivity contribution in [3.05, 3.63) is 59.8 Å². The summed E-state index contributed by atoms with van der Waals surface area (Å²) in [4.78, 5) is 12.3. The Hall–Kier alpha value is -3.28. The maximum Gasteiger partial charge on any atom is 0.263 e. The number of aromatic amines is 1. The van der Waals surface area contributed by atoms with Crippen molar-refractivity contribution in [2.75, 3.05) is 19.0 Å². The predicted octanol–water partition coefficient (Wildman–Crippen LogP) is 3.72. The summed E-state index contributed by atoms with van der Waals surface area (Å²) in [6.07, 6.45) is 0. The van der Waals surface area contributed by atoms with Gasteiger partial charge in [0.1, 0.15) is 11.5 Å². The first-order valence-electron chi connectivity index (χ1n) is 8.25. The van der Waals surface area contributed by atoms with E-state index in [-0.39, 0.29) is 12.5 Å². The van der Waals surface area contributed by atoms with E-state index in [1.807, 2.05) is 38.1 Å². The van der Waals surface area contributed by atoms with Crippen molar-refractivity contribution in [1.29, 1.82) is 0 Å². The van der Waals surface area contributed by atoms with Gasteiger partial charge in [-0.25, -0.2) is 0 Å². The monoisotopic (exact) mass is 351 g/mol. The van der Waals surface area contributed by atoms with Crippen LogP contribution in [0.15, 0.2) is 48.5 Å². The number of ether oxygens (including phenoxy) is 2. The number of aromatic nitrogens is 2. The molecule has 6 heteroatoms. The lowest BCUT2D eigenvalue weighted by atomic mass is 10.0. The molecule has 0 fully saturated rings. The predicted molar refractivity (Wildman–Crippen MR) is 101 cm³/mol. The third-order valence-electron chi connectivity index (χ3n) is 3.92. The van der Waals surface area contributed by atoms with Crippen molar-refractivity contribution in [2.24, 2.45) is 0 Å². The summed E-state index contributed by atoms with van der Waals surface area (Å²) in [5.41, 5.74) is 3.91. The molecule has 0 aliphatic rings. The zero-order chi connectivity index (χ0) is 18.5. The summed E-state index contributed by atoms with van der Waals surface area (Å²) in [7, 11) is 1.58.